The summed E-state index contributed by atoms with van der Waals surface area (Å²) in [6.45, 7) is 8.17. The minimum absolute atomic E-state index is 0.172. The Bertz CT molecular complexity index is 565. The van der Waals surface area contributed by atoms with Crippen LogP contribution in [0.25, 0.3) is 0 Å². The van der Waals surface area contributed by atoms with E-state index < -0.39 is 21.2 Å². The topological polar surface area (TPSA) is 59.5 Å². The van der Waals surface area contributed by atoms with E-state index in [0.717, 1.165) is 11.3 Å². The molecule has 0 radical (unpaired) electrons. The molecule has 1 aliphatic rings. The number of hydrogen-bond acceptors (Lipinski definition) is 5. The van der Waals surface area contributed by atoms with Crippen LogP contribution in [0.2, 0.25) is 4.47 Å². The number of sulfonamides is 1. The van der Waals surface area contributed by atoms with E-state index in [1.165, 1.54) is 10.5 Å². The summed E-state index contributed by atoms with van der Waals surface area (Å²) >= 11 is 6.69. The summed E-state index contributed by atoms with van der Waals surface area (Å²) in [5, 5.41) is 0. The zero-order chi connectivity index (χ0) is 14.5. The molecule has 0 bridgehead atoms. The average molecular weight is 325 g/mol. The number of thiazole rings is 1. The van der Waals surface area contributed by atoms with Crippen LogP contribution in [0.4, 0.5) is 0 Å². The molecule has 19 heavy (non-hydrogen) atoms. The Morgan fingerprint density at radius 2 is 1.84 bits per heavy atom. The molecule has 1 aromatic rings. The molecular weight excluding hydrogens is 308 g/mol. The number of hydrogen-bond donors (Lipinski definition) is 0. The van der Waals surface area contributed by atoms with Gasteiger partial charge in [0.2, 0.25) is 0 Å². The van der Waals surface area contributed by atoms with Crippen molar-refractivity contribution in [1.82, 2.24) is 9.29 Å². The molecule has 2 heterocycles. The minimum atomic E-state index is -3.56. The fraction of sp³-hybridized carbons (Fsp3) is 0.727. The van der Waals surface area contributed by atoms with Gasteiger partial charge in [0.15, 0.2) is 8.68 Å². The largest absolute Gasteiger partial charge is 0.367 e. The van der Waals surface area contributed by atoms with Gasteiger partial charge in [-0.2, -0.15) is 4.31 Å². The van der Waals surface area contributed by atoms with Gasteiger partial charge in [-0.05, 0) is 27.7 Å². The van der Waals surface area contributed by atoms with E-state index in [4.69, 9.17) is 16.3 Å². The molecule has 108 valence electrons. The first-order valence-corrected chi connectivity index (χ1v) is 8.47. The molecule has 1 aliphatic heterocycles. The predicted octanol–water partition coefficient (Wildman–Crippen LogP) is 2.37. The maximum atomic E-state index is 12.6. The second kappa shape index (κ2) is 4.66. The number of halogens is 1. The first-order valence-electron chi connectivity index (χ1n) is 5.84. The summed E-state index contributed by atoms with van der Waals surface area (Å²) < 4.78 is 32.8. The standard InChI is InChI=1S/C11H17ClN2O3S2/c1-10(2)6-14(7-11(3,4)17-10)19(15,16)8-5-13-9(12)18-8/h5H,6-7H2,1-4H3. The van der Waals surface area contributed by atoms with Crippen LogP contribution >= 0.6 is 22.9 Å². The van der Waals surface area contributed by atoms with Gasteiger partial charge in [0.1, 0.15) is 0 Å². The molecule has 1 saturated heterocycles. The third-order valence-electron chi connectivity index (χ3n) is 2.72. The van der Waals surface area contributed by atoms with Gasteiger partial charge < -0.3 is 4.74 Å². The lowest BCUT2D eigenvalue weighted by atomic mass is 10.0. The predicted molar refractivity (Wildman–Crippen MR) is 75.1 cm³/mol. The molecule has 5 nitrogen and oxygen atoms in total. The molecule has 0 atom stereocenters. The molecule has 0 unspecified atom stereocenters. The average Bonchev–Trinajstić information content (AvgIpc) is 2.60. The molecule has 1 fully saturated rings. The second-order valence-corrected chi connectivity index (χ2v) is 9.60. The third kappa shape index (κ3) is 3.28. The van der Waals surface area contributed by atoms with Crippen molar-refractivity contribution in [3.05, 3.63) is 10.7 Å². The van der Waals surface area contributed by atoms with Crippen LogP contribution in [0.3, 0.4) is 0 Å². The quantitative estimate of drug-likeness (QED) is 0.838. The van der Waals surface area contributed by atoms with Gasteiger partial charge in [0, 0.05) is 13.1 Å². The van der Waals surface area contributed by atoms with E-state index in [0.29, 0.717) is 13.1 Å². The third-order valence-corrected chi connectivity index (χ3v) is 6.06. The van der Waals surface area contributed by atoms with E-state index >= 15 is 0 Å². The highest BCUT2D eigenvalue weighted by molar-refractivity contribution is 7.91. The molecule has 1 aromatic heterocycles. The lowest BCUT2D eigenvalue weighted by Crippen LogP contribution is -2.58. The Kier molecular flexibility index (Phi) is 3.73. The van der Waals surface area contributed by atoms with Crippen molar-refractivity contribution in [3.8, 4) is 0 Å². The van der Waals surface area contributed by atoms with Crippen LogP contribution in [0.15, 0.2) is 10.4 Å². The van der Waals surface area contributed by atoms with Crippen LogP contribution in [-0.2, 0) is 14.8 Å². The molecule has 0 saturated carbocycles. The summed E-state index contributed by atoms with van der Waals surface area (Å²) in [4.78, 5) is 3.80. The highest BCUT2D eigenvalue weighted by Crippen LogP contribution is 2.33. The minimum Gasteiger partial charge on any atom is -0.367 e. The van der Waals surface area contributed by atoms with Gasteiger partial charge >= 0.3 is 0 Å². The maximum Gasteiger partial charge on any atom is 0.254 e. The summed E-state index contributed by atoms with van der Waals surface area (Å²) in [5.74, 6) is 0. The number of ether oxygens (including phenoxy) is 1. The summed E-state index contributed by atoms with van der Waals surface area (Å²) in [6, 6.07) is 0. The van der Waals surface area contributed by atoms with Gasteiger partial charge in [-0.15, -0.1) is 0 Å². The zero-order valence-corrected chi connectivity index (χ0v) is 13.7. The second-order valence-electron chi connectivity index (χ2n) is 5.83. The highest BCUT2D eigenvalue weighted by Gasteiger charge is 2.43. The van der Waals surface area contributed by atoms with Gasteiger partial charge in [0.25, 0.3) is 10.0 Å². The van der Waals surface area contributed by atoms with Crippen molar-refractivity contribution < 1.29 is 13.2 Å². The van der Waals surface area contributed by atoms with E-state index in [-0.39, 0.29) is 8.68 Å². The summed E-state index contributed by atoms with van der Waals surface area (Å²) in [7, 11) is -3.56. The maximum absolute atomic E-state index is 12.6. The van der Waals surface area contributed by atoms with Gasteiger partial charge in [-0.3, -0.25) is 0 Å². The normalized spacial score (nSPS) is 23.4. The van der Waals surface area contributed by atoms with Crippen molar-refractivity contribution in [2.45, 2.75) is 43.1 Å². The number of nitrogens with zero attached hydrogens (tertiary/aromatic N) is 2. The Hall–Kier alpha value is -0.210. The van der Waals surface area contributed by atoms with Crippen molar-refractivity contribution >= 4 is 33.0 Å². The molecule has 0 N–H and O–H groups in total. The lowest BCUT2D eigenvalue weighted by molar-refractivity contribution is -0.163. The Morgan fingerprint density at radius 1 is 1.32 bits per heavy atom. The number of aromatic nitrogens is 1. The fourth-order valence-corrected chi connectivity index (χ4v) is 5.56. The molecule has 0 amide bonds. The van der Waals surface area contributed by atoms with Crippen molar-refractivity contribution in [2.24, 2.45) is 0 Å². The summed E-state index contributed by atoms with van der Waals surface area (Å²) in [6.07, 6.45) is 1.30. The molecule has 0 spiro atoms. The van der Waals surface area contributed by atoms with Gasteiger partial charge in [-0.25, -0.2) is 13.4 Å². The molecule has 0 aliphatic carbocycles. The SMILES string of the molecule is CC1(C)CN(S(=O)(=O)c2cnc(Cl)s2)CC(C)(C)O1. The van der Waals surface area contributed by atoms with Gasteiger partial charge in [0.05, 0.1) is 17.4 Å². The zero-order valence-electron chi connectivity index (χ0n) is 11.3. The first-order chi connectivity index (χ1) is 8.52. The number of morpholine rings is 1. The van der Waals surface area contributed by atoms with Crippen LogP contribution in [0.1, 0.15) is 27.7 Å². The van der Waals surface area contributed by atoms with E-state index in [1.807, 2.05) is 27.7 Å². The Morgan fingerprint density at radius 3 is 2.26 bits per heavy atom. The molecule has 0 aromatic carbocycles. The van der Waals surface area contributed by atoms with Crippen LogP contribution < -0.4 is 0 Å². The smallest absolute Gasteiger partial charge is 0.254 e. The van der Waals surface area contributed by atoms with E-state index in [2.05, 4.69) is 4.98 Å². The lowest BCUT2D eigenvalue weighted by Gasteiger charge is -2.46. The van der Waals surface area contributed by atoms with Gasteiger partial charge in [-0.1, -0.05) is 22.9 Å². The highest BCUT2D eigenvalue weighted by atomic mass is 35.5. The molecule has 2 rings (SSSR count). The number of rotatable bonds is 2. The van der Waals surface area contributed by atoms with Crippen LogP contribution in [0, 0.1) is 0 Å². The fourth-order valence-electron chi connectivity index (χ4n) is 2.37. The van der Waals surface area contributed by atoms with Crippen molar-refractivity contribution in [2.75, 3.05) is 13.1 Å². The summed E-state index contributed by atoms with van der Waals surface area (Å²) in [5.41, 5.74) is -1.05. The monoisotopic (exact) mass is 324 g/mol. The van der Waals surface area contributed by atoms with E-state index in [1.54, 1.807) is 0 Å². The Labute approximate surface area is 122 Å². The Balaban J connectivity index is 2.35. The van der Waals surface area contributed by atoms with E-state index in [9.17, 15) is 8.42 Å². The van der Waals surface area contributed by atoms with Crippen LogP contribution in [0.5, 0.6) is 0 Å². The molecular formula is C11H17ClN2O3S2. The van der Waals surface area contributed by atoms with Crippen LogP contribution in [-0.4, -0.2) is 42.0 Å². The van der Waals surface area contributed by atoms with Crippen molar-refractivity contribution in [1.29, 1.82) is 0 Å². The molecule has 8 heteroatoms. The first kappa shape index (κ1) is 15.2. The van der Waals surface area contributed by atoms with Crippen molar-refractivity contribution in [3.63, 3.8) is 0 Å².